The molecule has 0 saturated heterocycles. The average Bonchev–Trinajstić information content (AvgIpc) is 1.87. The number of hydrogen-bond acceptors (Lipinski definition) is 2. The van der Waals surface area contributed by atoms with Gasteiger partial charge < -0.3 is 0 Å². The van der Waals surface area contributed by atoms with Crippen molar-refractivity contribution < 1.29 is 37.1 Å². The number of carbonyl (C=O) groups excluding carboxylic acids is 1. The second-order valence-electron chi connectivity index (χ2n) is 1.68. The van der Waals surface area contributed by atoms with Crippen LogP contribution in [-0.2, 0) is 4.79 Å². The Hall–Kier alpha value is 1.44. The van der Waals surface area contributed by atoms with Crippen molar-refractivity contribution in [1.82, 2.24) is 10.2 Å². The monoisotopic (exact) mass is 554 g/mol. The molecule has 0 bridgehead atoms. The molecule has 0 aliphatic rings. The quantitative estimate of drug-likeness (QED) is 0.348. The SMILES string of the molecule is [CH2-]N([CH2][PbH])CC(=O)NC.[Pa]. The van der Waals surface area contributed by atoms with E-state index in [4.69, 9.17) is 0 Å². The molecule has 0 aromatic heterocycles. The van der Waals surface area contributed by atoms with E-state index in [0.717, 1.165) is 29.9 Å². The van der Waals surface area contributed by atoms with Crippen LogP contribution in [0.3, 0.4) is 0 Å². The normalized spacial score (nSPS) is 8.80. The Morgan fingerprint density at radius 2 is 2.30 bits per heavy atom. The summed E-state index contributed by atoms with van der Waals surface area (Å²) >= 11 is 0.886. The number of rotatable bonds is 3. The fraction of sp³-hybridized carbons (Fsp3) is 0.600. The summed E-state index contributed by atoms with van der Waals surface area (Å²) in [5.41, 5.74) is 0. The number of hydrogen-bond donors (Lipinski definition) is 1. The molecule has 3 nitrogen and oxygen atoms in total. The summed E-state index contributed by atoms with van der Waals surface area (Å²) in [4.78, 5) is 12.4. The Balaban J connectivity index is 0. The van der Waals surface area contributed by atoms with Crippen LogP contribution in [0.2, 0.25) is 0 Å². The molecule has 3 radical (unpaired) electrons. The molecule has 0 fully saturated rings. The Kier molecular flexibility index (Phi) is 11.9. The van der Waals surface area contributed by atoms with Crippen LogP contribution in [0.25, 0.3) is 0 Å². The molecule has 0 heterocycles. The van der Waals surface area contributed by atoms with Crippen LogP contribution in [0, 0.1) is 39.4 Å². The average molecular weight is 553 g/mol. The van der Waals surface area contributed by atoms with Crippen LogP contribution in [-0.4, -0.2) is 54.3 Å². The van der Waals surface area contributed by atoms with Crippen LogP contribution in [0.4, 0.5) is 0 Å². The number of amides is 1. The van der Waals surface area contributed by atoms with E-state index in [2.05, 4.69) is 12.4 Å². The summed E-state index contributed by atoms with van der Waals surface area (Å²) in [5.74, 6) is 0.0330. The van der Waals surface area contributed by atoms with Crippen molar-refractivity contribution >= 4 is 31.7 Å². The molecule has 0 aromatic rings. The summed E-state index contributed by atoms with van der Waals surface area (Å²) in [5, 5.41) is 2.53. The zero-order valence-electron chi connectivity index (χ0n) is 6.13. The molecule has 0 rings (SSSR count). The fourth-order valence-electron chi connectivity index (χ4n) is 0.347. The molecule has 5 heteroatoms. The summed E-state index contributed by atoms with van der Waals surface area (Å²) in [6, 6.07) is 0. The molecular formula is C5H11N2OPaPb-. The molecule has 0 saturated carbocycles. The number of nitrogens with zero attached hydrogens (tertiary/aromatic N) is 1. The van der Waals surface area contributed by atoms with Crippen molar-refractivity contribution in [2.45, 2.75) is 0 Å². The van der Waals surface area contributed by atoms with Crippen LogP contribution >= 0.6 is 0 Å². The molecular weight excluding hydrogens is 542 g/mol. The van der Waals surface area contributed by atoms with Crippen molar-refractivity contribution in [2.75, 3.05) is 17.7 Å². The zero-order chi connectivity index (χ0) is 7.28. The van der Waals surface area contributed by atoms with Gasteiger partial charge in [-0.15, -0.1) is 0 Å². The third-order valence-corrected chi connectivity index (χ3v) is 2.91. The van der Waals surface area contributed by atoms with Gasteiger partial charge in [0.1, 0.15) is 0 Å². The molecule has 10 heavy (non-hydrogen) atoms. The summed E-state index contributed by atoms with van der Waals surface area (Å²) in [6.07, 6.45) is 0. The first-order valence-electron chi connectivity index (χ1n) is 2.66. The predicted molar refractivity (Wildman–Crippen MR) is 38.1 cm³/mol. The van der Waals surface area contributed by atoms with Gasteiger partial charge in [0, 0.05) is 32.3 Å². The van der Waals surface area contributed by atoms with Gasteiger partial charge in [0.2, 0.25) is 0 Å². The maximum atomic E-state index is 10.6. The van der Waals surface area contributed by atoms with E-state index in [1.807, 2.05) is 0 Å². The van der Waals surface area contributed by atoms with Gasteiger partial charge in [-0.3, -0.25) is 0 Å². The van der Waals surface area contributed by atoms with Crippen molar-refractivity contribution in [1.29, 1.82) is 0 Å². The number of carbonyl (C=O) groups is 1. The third kappa shape index (κ3) is 7.55. The maximum absolute atomic E-state index is 10.6. The first kappa shape index (κ1) is 14.0. The van der Waals surface area contributed by atoms with Gasteiger partial charge in [0.05, 0.1) is 0 Å². The molecule has 0 unspecified atom stereocenters. The second kappa shape index (κ2) is 8.54. The molecule has 0 aliphatic heterocycles. The Bertz CT molecular complexity index is 102. The van der Waals surface area contributed by atoms with E-state index in [1.165, 1.54) is 0 Å². The topological polar surface area (TPSA) is 32.3 Å². The Morgan fingerprint density at radius 1 is 1.80 bits per heavy atom. The van der Waals surface area contributed by atoms with Gasteiger partial charge in [0.15, 0.2) is 0 Å². The van der Waals surface area contributed by atoms with E-state index >= 15 is 0 Å². The van der Waals surface area contributed by atoms with Crippen LogP contribution in [0.1, 0.15) is 0 Å². The summed E-state index contributed by atoms with van der Waals surface area (Å²) in [6.45, 7) is 0.424. The van der Waals surface area contributed by atoms with Crippen LogP contribution in [0.5, 0.6) is 0 Å². The first-order valence-corrected chi connectivity index (χ1v) is 5.84. The molecule has 0 spiro atoms. The van der Waals surface area contributed by atoms with Gasteiger partial charge in [0.25, 0.3) is 0 Å². The molecule has 1 N–H and O–H groups in total. The number of nitrogens with one attached hydrogen (secondary N) is 1. The van der Waals surface area contributed by atoms with Gasteiger partial charge >= 0.3 is 71.4 Å². The fourth-order valence-corrected chi connectivity index (χ4v) is 0.849. The van der Waals surface area contributed by atoms with Crippen LogP contribution < -0.4 is 5.32 Å². The largest absolute Gasteiger partial charge is 0 e. The van der Waals surface area contributed by atoms with Crippen molar-refractivity contribution in [3.05, 3.63) is 7.05 Å². The molecule has 55 valence electrons. The zero-order valence-corrected chi connectivity index (χ0v) is 15.4. The van der Waals surface area contributed by atoms with E-state index in [0.29, 0.717) is 6.54 Å². The smallest absolute Gasteiger partial charge is 0 e. The van der Waals surface area contributed by atoms with Gasteiger partial charge in [-0.05, 0) is 0 Å². The second-order valence-corrected chi connectivity index (χ2v) is 3.10. The van der Waals surface area contributed by atoms with E-state index < -0.39 is 0 Å². The number of likely N-dealkylation sites (N-methyl/N-ethyl adjacent to an activating group) is 1. The van der Waals surface area contributed by atoms with E-state index in [9.17, 15) is 4.79 Å². The minimum absolute atomic E-state index is 0. The van der Waals surface area contributed by atoms with Crippen molar-refractivity contribution in [3.63, 3.8) is 0 Å². The summed E-state index contributed by atoms with van der Waals surface area (Å²) in [7, 11) is 5.29. The van der Waals surface area contributed by atoms with Gasteiger partial charge in [-0.25, -0.2) is 0 Å². The van der Waals surface area contributed by atoms with Crippen molar-refractivity contribution in [3.8, 4) is 0 Å². The standard InChI is InChI=1S/C5H10N2O.Pa.Pb.H/c1-6-5(8)4-7(2)3;;;/h2-4H2,1H3,(H,6,8);;;/q-1;;;. The van der Waals surface area contributed by atoms with Crippen LogP contribution in [0.15, 0.2) is 0 Å². The van der Waals surface area contributed by atoms with E-state index in [1.54, 1.807) is 11.9 Å². The Morgan fingerprint density at radius 3 is 2.60 bits per heavy atom. The minimum atomic E-state index is 0. The molecule has 0 aliphatic carbocycles. The molecule has 0 aromatic carbocycles. The van der Waals surface area contributed by atoms with Gasteiger partial charge in [-0.2, -0.15) is 0 Å². The first-order chi connectivity index (χ1) is 4.20. The molecule has 1 amide bonds. The van der Waals surface area contributed by atoms with Crippen molar-refractivity contribution in [2.24, 2.45) is 0 Å². The van der Waals surface area contributed by atoms with E-state index in [-0.39, 0.29) is 38.2 Å². The molecule has 0 atom stereocenters. The minimum Gasteiger partial charge on any atom is 0 e. The predicted octanol–water partition coefficient (Wildman–Crippen LogP) is -1.32. The Labute approximate surface area is 102 Å². The van der Waals surface area contributed by atoms with Gasteiger partial charge in [-0.1, -0.05) is 0 Å². The maximum Gasteiger partial charge on any atom is 0 e. The summed E-state index contributed by atoms with van der Waals surface area (Å²) < 4.78 is 0.966. The third-order valence-electron chi connectivity index (χ3n) is 0.904.